The molecule has 0 aliphatic carbocycles. The van der Waals surface area contributed by atoms with Crippen LogP contribution in [0.1, 0.15) is 63.9 Å². The highest BCUT2D eigenvalue weighted by atomic mass is 16.2. The van der Waals surface area contributed by atoms with E-state index in [0.717, 1.165) is 12.1 Å². The summed E-state index contributed by atoms with van der Waals surface area (Å²) in [5.74, 6) is -0.254. The number of unbranched alkanes of at least 4 members (excludes halogenated alkanes) is 7. The van der Waals surface area contributed by atoms with E-state index in [9.17, 15) is 4.79 Å². The van der Waals surface area contributed by atoms with Crippen LogP contribution in [0, 0.1) is 6.92 Å². The first-order valence-corrected chi connectivity index (χ1v) is 8.62. The van der Waals surface area contributed by atoms with E-state index in [0.29, 0.717) is 0 Å². The van der Waals surface area contributed by atoms with Gasteiger partial charge in [0.1, 0.15) is 0 Å². The van der Waals surface area contributed by atoms with Crippen LogP contribution in [0.5, 0.6) is 0 Å². The first kappa shape index (κ1) is 18.7. The fourth-order valence-electron chi connectivity index (χ4n) is 2.45. The molecule has 1 atom stereocenters. The summed E-state index contributed by atoms with van der Waals surface area (Å²) in [6, 6.07) is 7.29. The summed E-state index contributed by atoms with van der Waals surface area (Å²) in [4.78, 5) is 11.4. The van der Waals surface area contributed by atoms with Crippen molar-refractivity contribution in [3.05, 3.63) is 36.8 Å². The predicted octanol–water partition coefficient (Wildman–Crippen LogP) is 4.47. The Morgan fingerprint density at radius 2 is 1.59 bits per heavy atom. The minimum atomic E-state index is -0.725. The Kier molecular flexibility index (Phi) is 9.56. The summed E-state index contributed by atoms with van der Waals surface area (Å²) >= 11 is 0. The van der Waals surface area contributed by atoms with Crippen molar-refractivity contribution < 1.29 is 4.79 Å². The van der Waals surface area contributed by atoms with Gasteiger partial charge in [-0.25, -0.2) is 0 Å². The van der Waals surface area contributed by atoms with Gasteiger partial charge < -0.3 is 11.1 Å². The number of hydrogen-bond donors (Lipinski definition) is 2. The molecule has 0 aromatic heterocycles. The highest BCUT2D eigenvalue weighted by Gasteiger charge is 2.07. The number of amides is 1. The van der Waals surface area contributed by atoms with Gasteiger partial charge in [-0.15, -0.1) is 0 Å². The first-order valence-electron chi connectivity index (χ1n) is 8.62. The molecule has 0 bridgehead atoms. The summed E-state index contributed by atoms with van der Waals surface area (Å²) in [5, 5.41) is 2.74. The SMILES string of the molecule is [CH2][C@@H](N)C(=O)Nc1ccc(CCCCCCCCCC)cc1. The summed E-state index contributed by atoms with van der Waals surface area (Å²) < 4.78 is 0. The number of rotatable bonds is 11. The van der Waals surface area contributed by atoms with Gasteiger partial charge in [0.05, 0.1) is 6.04 Å². The minimum absolute atomic E-state index is 0.254. The van der Waals surface area contributed by atoms with Crippen LogP contribution in [0.4, 0.5) is 5.69 Å². The fourth-order valence-corrected chi connectivity index (χ4v) is 2.45. The molecule has 3 N–H and O–H groups in total. The van der Waals surface area contributed by atoms with Gasteiger partial charge in [0.15, 0.2) is 0 Å². The maximum absolute atomic E-state index is 11.4. The highest BCUT2D eigenvalue weighted by molar-refractivity contribution is 5.95. The Labute approximate surface area is 135 Å². The fraction of sp³-hybridized carbons (Fsp3) is 0.579. The van der Waals surface area contributed by atoms with Crippen molar-refractivity contribution in [1.82, 2.24) is 0 Å². The molecule has 22 heavy (non-hydrogen) atoms. The Balaban J connectivity index is 2.15. The maximum atomic E-state index is 11.4. The highest BCUT2D eigenvalue weighted by Crippen LogP contribution is 2.14. The standard InChI is InChI=1S/C19H31N2O/c1-3-4-5-6-7-8-9-10-11-17-12-14-18(15-13-17)21-19(22)16(2)20/h12-16H,2-11,20H2,1H3,(H,21,22)/t16-/m1/s1. The van der Waals surface area contributed by atoms with Crippen molar-refractivity contribution >= 4 is 11.6 Å². The molecule has 0 saturated carbocycles. The van der Waals surface area contributed by atoms with E-state index in [1.54, 1.807) is 0 Å². The van der Waals surface area contributed by atoms with Crippen LogP contribution >= 0.6 is 0 Å². The van der Waals surface area contributed by atoms with Crippen molar-refractivity contribution in [2.75, 3.05) is 5.32 Å². The van der Waals surface area contributed by atoms with Crippen LogP contribution in [-0.4, -0.2) is 11.9 Å². The third-order valence-electron chi connectivity index (χ3n) is 3.88. The number of nitrogens with one attached hydrogen (secondary N) is 1. The quantitative estimate of drug-likeness (QED) is 0.593. The van der Waals surface area contributed by atoms with E-state index in [2.05, 4.69) is 31.3 Å². The topological polar surface area (TPSA) is 55.1 Å². The Morgan fingerprint density at radius 3 is 2.14 bits per heavy atom. The van der Waals surface area contributed by atoms with Crippen LogP contribution in [0.3, 0.4) is 0 Å². The molecule has 1 radical (unpaired) electrons. The molecule has 0 fully saturated rings. The summed E-state index contributed by atoms with van der Waals surface area (Å²) in [6.45, 7) is 5.75. The number of nitrogens with two attached hydrogens (primary N) is 1. The molecule has 0 spiro atoms. The second-order valence-corrected chi connectivity index (χ2v) is 6.02. The van der Waals surface area contributed by atoms with Crippen LogP contribution in [0.25, 0.3) is 0 Å². The van der Waals surface area contributed by atoms with E-state index in [-0.39, 0.29) is 5.91 Å². The molecule has 0 saturated heterocycles. The van der Waals surface area contributed by atoms with Gasteiger partial charge in [0, 0.05) is 5.69 Å². The van der Waals surface area contributed by atoms with Gasteiger partial charge in [-0.3, -0.25) is 4.79 Å². The Bertz CT molecular complexity index is 412. The van der Waals surface area contributed by atoms with Gasteiger partial charge >= 0.3 is 0 Å². The summed E-state index contributed by atoms with van der Waals surface area (Å²) in [7, 11) is 0. The lowest BCUT2D eigenvalue weighted by Crippen LogP contribution is -2.32. The van der Waals surface area contributed by atoms with Crippen molar-refractivity contribution in [2.45, 2.75) is 70.8 Å². The van der Waals surface area contributed by atoms with Gasteiger partial charge in [0.2, 0.25) is 5.91 Å². The molecule has 3 nitrogen and oxygen atoms in total. The summed E-state index contributed by atoms with van der Waals surface area (Å²) in [5.41, 5.74) is 7.53. The number of carbonyl (C=O) groups excluding carboxylic acids is 1. The lowest BCUT2D eigenvalue weighted by Gasteiger charge is -2.08. The van der Waals surface area contributed by atoms with Crippen LogP contribution in [0.15, 0.2) is 24.3 Å². The molecular formula is C19H31N2O. The van der Waals surface area contributed by atoms with Gasteiger partial charge in [0.25, 0.3) is 0 Å². The zero-order valence-corrected chi connectivity index (χ0v) is 13.9. The first-order chi connectivity index (χ1) is 10.6. The van der Waals surface area contributed by atoms with Crippen LogP contribution in [0.2, 0.25) is 0 Å². The molecule has 123 valence electrons. The zero-order chi connectivity index (χ0) is 16.2. The number of benzene rings is 1. The third-order valence-corrected chi connectivity index (χ3v) is 3.88. The molecular weight excluding hydrogens is 272 g/mol. The van der Waals surface area contributed by atoms with Crippen molar-refractivity contribution in [2.24, 2.45) is 5.73 Å². The average molecular weight is 303 g/mol. The van der Waals surface area contributed by atoms with Crippen molar-refractivity contribution in [1.29, 1.82) is 0 Å². The normalized spacial score (nSPS) is 12.1. The predicted molar refractivity (Wildman–Crippen MR) is 94.7 cm³/mol. The molecule has 3 heteroatoms. The zero-order valence-electron chi connectivity index (χ0n) is 13.9. The van der Waals surface area contributed by atoms with E-state index >= 15 is 0 Å². The molecule has 1 rings (SSSR count). The van der Waals surface area contributed by atoms with E-state index in [1.807, 2.05) is 12.1 Å². The third kappa shape index (κ3) is 8.18. The van der Waals surface area contributed by atoms with E-state index < -0.39 is 6.04 Å². The number of anilines is 1. The lowest BCUT2D eigenvalue weighted by molar-refractivity contribution is -0.116. The van der Waals surface area contributed by atoms with E-state index in [4.69, 9.17) is 5.73 Å². The van der Waals surface area contributed by atoms with Gasteiger partial charge in [-0.1, -0.05) is 64.0 Å². The second-order valence-electron chi connectivity index (χ2n) is 6.02. The number of carbonyl (C=O) groups is 1. The molecule has 0 aliphatic rings. The van der Waals surface area contributed by atoms with Crippen molar-refractivity contribution in [3.8, 4) is 0 Å². The molecule has 1 aromatic rings. The van der Waals surface area contributed by atoms with Gasteiger partial charge in [-0.05, 0) is 37.5 Å². The Morgan fingerprint density at radius 1 is 1.05 bits per heavy atom. The van der Waals surface area contributed by atoms with E-state index in [1.165, 1.54) is 56.9 Å². The minimum Gasteiger partial charge on any atom is -0.325 e. The number of aryl methyl sites for hydroxylation is 1. The molecule has 1 aromatic carbocycles. The average Bonchev–Trinajstić information content (AvgIpc) is 2.51. The second kappa shape index (κ2) is 11.2. The molecule has 1 amide bonds. The number of hydrogen-bond acceptors (Lipinski definition) is 2. The molecule has 0 unspecified atom stereocenters. The lowest BCUT2D eigenvalue weighted by atomic mass is 10.0. The van der Waals surface area contributed by atoms with Crippen LogP contribution in [-0.2, 0) is 11.2 Å². The van der Waals surface area contributed by atoms with Crippen molar-refractivity contribution in [3.63, 3.8) is 0 Å². The largest absolute Gasteiger partial charge is 0.325 e. The van der Waals surface area contributed by atoms with Crippen LogP contribution < -0.4 is 11.1 Å². The summed E-state index contributed by atoms with van der Waals surface area (Å²) in [6.07, 6.45) is 11.8. The Hall–Kier alpha value is -1.35. The molecule has 0 heterocycles. The monoisotopic (exact) mass is 303 g/mol. The van der Waals surface area contributed by atoms with Gasteiger partial charge in [-0.2, -0.15) is 0 Å². The smallest absolute Gasteiger partial charge is 0.241 e. The molecule has 0 aliphatic heterocycles. The maximum Gasteiger partial charge on any atom is 0.241 e.